The molecule has 1 saturated heterocycles. The lowest BCUT2D eigenvalue weighted by Gasteiger charge is -2.29. The van der Waals surface area contributed by atoms with E-state index in [0.717, 1.165) is 4.90 Å². The van der Waals surface area contributed by atoms with Crippen molar-refractivity contribution in [1.82, 2.24) is 4.90 Å². The first-order valence-electron chi connectivity index (χ1n) is 5.56. The van der Waals surface area contributed by atoms with E-state index in [1.807, 2.05) is 0 Å². The van der Waals surface area contributed by atoms with Crippen LogP contribution in [-0.2, 0) is 4.74 Å². The fourth-order valence-electron chi connectivity index (χ4n) is 1.87. The van der Waals surface area contributed by atoms with E-state index in [2.05, 4.69) is 0 Å². The highest BCUT2D eigenvalue weighted by Gasteiger charge is 2.47. The number of hydrogen-bond acceptors (Lipinski definition) is 4. The third kappa shape index (κ3) is 3.81. The van der Waals surface area contributed by atoms with Crippen LogP contribution in [-0.4, -0.2) is 51.4 Å². The number of amides is 1. The molecule has 0 aromatic heterocycles. The molecule has 1 amide bonds. The quantitative estimate of drug-likeness (QED) is 0.681. The molecule has 0 aliphatic carbocycles. The summed E-state index contributed by atoms with van der Waals surface area (Å²) in [6.07, 6.45) is -2.60. The monoisotopic (exact) mass is 249 g/mol. The first-order valence-corrected chi connectivity index (χ1v) is 5.56. The van der Waals surface area contributed by atoms with Crippen LogP contribution in [0.3, 0.4) is 0 Å². The number of aliphatic hydroxyl groups is 2. The molecule has 1 rings (SSSR count). The molecule has 0 radical (unpaired) electrons. The summed E-state index contributed by atoms with van der Waals surface area (Å²) in [4.78, 5) is 12.8. The Labute approximate surface area is 100 Å². The maximum Gasteiger partial charge on any atom is 0.410 e. The molecule has 2 unspecified atom stereocenters. The number of carbonyl (C=O) groups is 1. The number of rotatable bonds is 1. The molecule has 0 aromatic rings. The molecule has 17 heavy (non-hydrogen) atoms. The number of halogens is 1. The van der Waals surface area contributed by atoms with Gasteiger partial charge in [-0.15, -0.1) is 0 Å². The second-order valence-corrected chi connectivity index (χ2v) is 5.71. The van der Waals surface area contributed by atoms with Crippen LogP contribution in [0.5, 0.6) is 0 Å². The van der Waals surface area contributed by atoms with Crippen LogP contribution in [0, 0.1) is 0 Å². The number of aliphatic hydroxyl groups excluding tert-OH is 1. The van der Waals surface area contributed by atoms with E-state index in [4.69, 9.17) is 14.9 Å². The zero-order chi connectivity index (χ0) is 13.4. The zero-order valence-electron chi connectivity index (χ0n) is 10.6. The van der Waals surface area contributed by atoms with Gasteiger partial charge in [0.1, 0.15) is 11.3 Å². The van der Waals surface area contributed by atoms with E-state index in [-0.39, 0.29) is 13.0 Å². The second-order valence-electron chi connectivity index (χ2n) is 5.71. The molecular weight excluding hydrogens is 229 g/mol. The predicted molar refractivity (Wildman–Crippen MR) is 59.1 cm³/mol. The molecule has 2 atom stereocenters. The van der Waals surface area contributed by atoms with Gasteiger partial charge >= 0.3 is 6.09 Å². The lowest BCUT2D eigenvalue weighted by atomic mass is 10.1. The number of alkyl halides is 1. The Balaban J connectivity index is 2.77. The van der Waals surface area contributed by atoms with E-state index in [1.165, 1.54) is 6.92 Å². The van der Waals surface area contributed by atoms with Gasteiger partial charge in [0.25, 0.3) is 0 Å². The average molecular weight is 249 g/mol. The van der Waals surface area contributed by atoms with E-state index >= 15 is 0 Å². The molecule has 1 heterocycles. The van der Waals surface area contributed by atoms with Crippen LogP contribution in [0.25, 0.3) is 0 Å². The number of nitrogens with zero attached hydrogens (tertiary/aromatic N) is 1. The third-order valence-corrected chi connectivity index (χ3v) is 2.51. The van der Waals surface area contributed by atoms with Crippen LogP contribution in [0.1, 0.15) is 34.1 Å². The van der Waals surface area contributed by atoms with Crippen LogP contribution in [0.15, 0.2) is 0 Å². The van der Waals surface area contributed by atoms with E-state index < -0.39 is 29.7 Å². The van der Waals surface area contributed by atoms with Gasteiger partial charge in [0.15, 0.2) is 6.29 Å². The van der Waals surface area contributed by atoms with Gasteiger partial charge in [0.05, 0.1) is 12.6 Å². The van der Waals surface area contributed by atoms with Crippen molar-refractivity contribution in [3.8, 4) is 0 Å². The molecule has 100 valence electrons. The molecule has 0 spiro atoms. The summed E-state index contributed by atoms with van der Waals surface area (Å²) in [7, 11) is 0. The van der Waals surface area contributed by atoms with Gasteiger partial charge in [0, 0.05) is 6.42 Å². The minimum Gasteiger partial charge on any atom is -0.444 e. The Morgan fingerprint density at radius 3 is 2.47 bits per heavy atom. The normalized spacial score (nSPS) is 29.9. The maximum absolute atomic E-state index is 13.8. The summed E-state index contributed by atoms with van der Waals surface area (Å²) in [6.45, 7) is 6.22. The summed E-state index contributed by atoms with van der Waals surface area (Å²) < 4.78 is 18.9. The predicted octanol–water partition coefficient (Wildman–Crippen LogP) is 1.03. The van der Waals surface area contributed by atoms with Gasteiger partial charge in [-0.2, -0.15) is 0 Å². The van der Waals surface area contributed by atoms with Crippen molar-refractivity contribution in [2.75, 3.05) is 6.54 Å². The third-order valence-electron chi connectivity index (χ3n) is 2.51. The Morgan fingerprint density at radius 2 is 2.06 bits per heavy atom. The van der Waals surface area contributed by atoms with Crippen molar-refractivity contribution in [3.05, 3.63) is 0 Å². The molecule has 1 fully saturated rings. The topological polar surface area (TPSA) is 70.0 Å². The SMILES string of the molecule is CC1(F)CC(C(O)O)N(C(=O)OC(C)(C)C)C1. The summed E-state index contributed by atoms with van der Waals surface area (Å²) in [5.74, 6) is 0. The smallest absolute Gasteiger partial charge is 0.410 e. The molecule has 0 bridgehead atoms. The van der Waals surface area contributed by atoms with Crippen molar-refractivity contribution >= 4 is 6.09 Å². The van der Waals surface area contributed by atoms with Crippen LogP contribution in [0.2, 0.25) is 0 Å². The van der Waals surface area contributed by atoms with Crippen LogP contribution < -0.4 is 0 Å². The van der Waals surface area contributed by atoms with Gasteiger partial charge in [-0.3, -0.25) is 4.90 Å². The number of ether oxygens (including phenoxy) is 1. The Bertz CT molecular complexity index is 298. The number of carbonyl (C=O) groups excluding carboxylic acids is 1. The van der Waals surface area contributed by atoms with Gasteiger partial charge in [-0.1, -0.05) is 0 Å². The Morgan fingerprint density at radius 1 is 1.53 bits per heavy atom. The molecule has 1 aliphatic heterocycles. The first kappa shape index (κ1) is 14.2. The van der Waals surface area contributed by atoms with Crippen molar-refractivity contribution in [2.45, 2.75) is 57.7 Å². The first-order chi connectivity index (χ1) is 7.52. The molecule has 5 nitrogen and oxygen atoms in total. The van der Waals surface area contributed by atoms with Crippen molar-refractivity contribution in [2.24, 2.45) is 0 Å². The minimum absolute atomic E-state index is 0.107. The standard InChI is InChI=1S/C11H20FNO4/c1-10(2,3)17-9(16)13-6-11(4,12)5-7(13)8(14)15/h7-8,14-15H,5-6H2,1-4H3. The van der Waals surface area contributed by atoms with E-state index in [9.17, 15) is 9.18 Å². The molecule has 1 aliphatic rings. The van der Waals surface area contributed by atoms with Crippen molar-refractivity contribution < 1.29 is 24.1 Å². The minimum atomic E-state index is -1.76. The largest absolute Gasteiger partial charge is 0.444 e. The van der Waals surface area contributed by atoms with Gasteiger partial charge in [-0.25, -0.2) is 9.18 Å². The Kier molecular flexibility index (Phi) is 3.69. The van der Waals surface area contributed by atoms with Crippen molar-refractivity contribution in [1.29, 1.82) is 0 Å². The Hall–Kier alpha value is -0.880. The molecule has 0 saturated carbocycles. The maximum atomic E-state index is 13.8. The average Bonchev–Trinajstić information content (AvgIpc) is 2.38. The highest BCUT2D eigenvalue weighted by atomic mass is 19.1. The zero-order valence-corrected chi connectivity index (χ0v) is 10.6. The van der Waals surface area contributed by atoms with Crippen molar-refractivity contribution in [3.63, 3.8) is 0 Å². The number of hydrogen-bond donors (Lipinski definition) is 2. The highest BCUT2D eigenvalue weighted by Crippen LogP contribution is 2.32. The number of likely N-dealkylation sites (tertiary alicyclic amines) is 1. The van der Waals surface area contributed by atoms with Crippen LogP contribution >= 0.6 is 0 Å². The van der Waals surface area contributed by atoms with E-state index in [1.54, 1.807) is 20.8 Å². The lowest BCUT2D eigenvalue weighted by molar-refractivity contribution is -0.0917. The summed E-state index contributed by atoms with van der Waals surface area (Å²) in [5.41, 5.74) is -2.32. The van der Waals surface area contributed by atoms with Crippen LogP contribution in [0.4, 0.5) is 9.18 Å². The fraction of sp³-hybridized carbons (Fsp3) is 0.909. The summed E-state index contributed by atoms with van der Waals surface area (Å²) in [5, 5.41) is 18.3. The lowest BCUT2D eigenvalue weighted by Crippen LogP contribution is -2.45. The molecule has 6 heteroatoms. The van der Waals surface area contributed by atoms with Gasteiger partial charge < -0.3 is 14.9 Å². The summed E-state index contributed by atoms with van der Waals surface area (Å²) in [6, 6.07) is -0.958. The molecule has 2 N–H and O–H groups in total. The highest BCUT2D eigenvalue weighted by molar-refractivity contribution is 5.69. The molecule has 0 aromatic carbocycles. The van der Waals surface area contributed by atoms with E-state index in [0.29, 0.717) is 0 Å². The summed E-state index contributed by atoms with van der Waals surface area (Å²) >= 11 is 0. The molecular formula is C11H20FNO4. The van der Waals surface area contributed by atoms with Gasteiger partial charge in [0.2, 0.25) is 0 Å². The van der Waals surface area contributed by atoms with Gasteiger partial charge in [-0.05, 0) is 27.7 Å². The fourth-order valence-corrected chi connectivity index (χ4v) is 1.87. The second kappa shape index (κ2) is 4.42.